The molecule has 0 fully saturated rings. The van der Waals surface area contributed by atoms with Gasteiger partial charge in [-0.15, -0.1) is 0 Å². The van der Waals surface area contributed by atoms with Crippen molar-refractivity contribution in [1.29, 1.82) is 0 Å². The molecule has 1 rings (SSSR count). The zero-order valence-electron chi connectivity index (χ0n) is 8.08. The van der Waals surface area contributed by atoms with Gasteiger partial charge in [-0.25, -0.2) is 0 Å². The molecular formula is C13H17. The Bertz CT molecular complexity index is 192. The van der Waals surface area contributed by atoms with Crippen LogP contribution in [-0.2, 0) is 0 Å². The molecule has 1 aliphatic rings. The van der Waals surface area contributed by atoms with Crippen LogP contribution in [-0.4, -0.2) is 0 Å². The molecule has 0 aromatic carbocycles. The van der Waals surface area contributed by atoms with Gasteiger partial charge in [-0.1, -0.05) is 42.5 Å². The summed E-state index contributed by atoms with van der Waals surface area (Å²) in [6.45, 7) is 0. The minimum atomic E-state index is 1.07. The number of hydrogen-bond acceptors (Lipinski definition) is 0. The van der Waals surface area contributed by atoms with Crippen molar-refractivity contribution in [1.82, 2.24) is 0 Å². The Hall–Kier alpha value is -1.04. The van der Waals surface area contributed by atoms with Crippen molar-refractivity contribution in [3.8, 4) is 0 Å². The van der Waals surface area contributed by atoms with Crippen LogP contribution in [0.2, 0.25) is 0 Å². The highest BCUT2D eigenvalue weighted by Crippen LogP contribution is 2.00. The van der Waals surface area contributed by atoms with Crippen LogP contribution in [0, 0.1) is 6.08 Å². The zero-order valence-corrected chi connectivity index (χ0v) is 8.08. The van der Waals surface area contributed by atoms with Crippen LogP contribution in [0.5, 0.6) is 0 Å². The van der Waals surface area contributed by atoms with Gasteiger partial charge < -0.3 is 0 Å². The molecule has 0 atom stereocenters. The Morgan fingerprint density at radius 2 is 1.46 bits per heavy atom. The summed E-state index contributed by atoms with van der Waals surface area (Å²) in [6, 6.07) is 0. The van der Waals surface area contributed by atoms with E-state index in [0.717, 1.165) is 25.7 Å². The smallest absolute Gasteiger partial charge is 0.0273 e. The maximum atomic E-state index is 3.26. The fraction of sp³-hybridized carbons (Fsp3) is 0.385. The van der Waals surface area contributed by atoms with Gasteiger partial charge in [-0.2, -0.15) is 0 Å². The van der Waals surface area contributed by atoms with E-state index >= 15 is 0 Å². The average Bonchev–Trinajstić information content (AvgIpc) is 2.18. The maximum absolute atomic E-state index is 3.26. The van der Waals surface area contributed by atoms with Crippen LogP contribution < -0.4 is 0 Å². The van der Waals surface area contributed by atoms with Crippen LogP contribution in [0.4, 0.5) is 0 Å². The summed E-state index contributed by atoms with van der Waals surface area (Å²) >= 11 is 0. The SMILES string of the molecule is [C]1=C/C=C\CC/C=C/C=C\CCC/1. The van der Waals surface area contributed by atoms with Crippen molar-refractivity contribution < 1.29 is 0 Å². The molecule has 69 valence electrons. The molecule has 0 aromatic rings. The summed E-state index contributed by atoms with van der Waals surface area (Å²) in [5, 5.41) is 0. The second-order valence-electron chi connectivity index (χ2n) is 3.12. The Labute approximate surface area is 81.4 Å². The van der Waals surface area contributed by atoms with Crippen LogP contribution in [0.1, 0.15) is 32.1 Å². The zero-order chi connectivity index (χ0) is 9.19. The summed E-state index contributed by atoms with van der Waals surface area (Å²) in [4.78, 5) is 0. The summed E-state index contributed by atoms with van der Waals surface area (Å²) in [5.74, 6) is 0. The molecule has 0 saturated heterocycles. The van der Waals surface area contributed by atoms with Gasteiger partial charge in [0.25, 0.3) is 0 Å². The van der Waals surface area contributed by atoms with E-state index in [1.54, 1.807) is 0 Å². The monoisotopic (exact) mass is 173 g/mol. The largest absolute Gasteiger partial charge is 0.0845 e. The van der Waals surface area contributed by atoms with Crippen molar-refractivity contribution in [2.24, 2.45) is 0 Å². The van der Waals surface area contributed by atoms with E-state index in [-0.39, 0.29) is 0 Å². The maximum Gasteiger partial charge on any atom is -0.0273 e. The summed E-state index contributed by atoms with van der Waals surface area (Å²) in [5.41, 5.74) is 0. The third-order valence-corrected chi connectivity index (χ3v) is 1.93. The first-order chi connectivity index (χ1) is 6.50. The predicted molar refractivity (Wildman–Crippen MR) is 58.3 cm³/mol. The fourth-order valence-corrected chi connectivity index (χ4v) is 1.18. The predicted octanol–water partition coefficient (Wildman–Crippen LogP) is 3.98. The molecular weight excluding hydrogens is 156 g/mol. The molecule has 1 aliphatic carbocycles. The molecule has 0 heteroatoms. The minimum Gasteiger partial charge on any atom is -0.0845 e. The Morgan fingerprint density at radius 3 is 2.31 bits per heavy atom. The topological polar surface area (TPSA) is 0 Å². The van der Waals surface area contributed by atoms with E-state index in [2.05, 4.69) is 42.5 Å². The Kier molecular flexibility index (Phi) is 5.87. The Morgan fingerprint density at radius 1 is 0.769 bits per heavy atom. The third kappa shape index (κ3) is 6.15. The van der Waals surface area contributed by atoms with Crippen molar-refractivity contribution in [2.75, 3.05) is 0 Å². The molecule has 0 bridgehead atoms. The molecule has 0 N–H and O–H groups in total. The highest BCUT2D eigenvalue weighted by molar-refractivity contribution is 5.05. The second-order valence-corrected chi connectivity index (χ2v) is 3.12. The molecule has 0 heterocycles. The average molecular weight is 173 g/mol. The van der Waals surface area contributed by atoms with E-state index in [9.17, 15) is 0 Å². The van der Waals surface area contributed by atoms with Gasteiger partial charge in [0.1, 0.15) is 0 Å². The van der Waals surface area contributed by atoms with E-state index in [1.165, 1.54) is 6.42 Å². The van der Waals surface area contributed by atoms with E-state index in [1.807, 2.05) is 6.08 Å². The lowest BCUT2D eigenvalue weighted by Gasteiger charge is -1.87. The lowest BCUT2D eigenvalue weighted by atomic mass is 10.2. The van der Waals surface area contributed by atoms with E-state index in [0.29, 0.717) is 0 Å². The minimum absolute atomic E-state index is 1.07. The van der Waals surface area contributed by atoms with Gasteiger partial charge in [0.2, 0.25) is 0 Å². The van der Waals surface area contributed by atoms with Crippen LogP contribution in [0.3, 0.4) is 0 Å². The van der Waals surface area contributed by atoms with E-state index in [4.69, 9.17) is 0 Å². The van der Waals surface area contributed by atoms with Crippen LogP contribution in [0.15, 0.2) is 42.5 Å². The summed E-state index contributed by atoms with van der Waals surface area (Å²) < 4.78 is 0. The molecule has 0 saturated carbocycles. The van der Waals surface area contributed by atoms with Crippen molar-refractivity contribution in [3.05, 3.63) is 48.6 Å². The summed E-state index contributed by atoms with van der Waals surface area (Å²) in [6.07, 6.45) is 24.0. The van der Waals surface area contributed by atoms with Gasteiger partial charge in [0.05, 0.1) is 0 Å². The lowest BCUT2D eigenvalue weighted by Crippen LogP contribution is -1.68. The van der Waals surface area contributed by atoms with Crippen LogP contribution in [0.25, 0.3) is 0 Å². The Balaban J connectivity index is 2.38. The lowest BCUT2D eigenvalue weighted by molar-refractivity contribution is 0.855. The normalized spacial score (nSPS) is 28.9. The van der Waals surface area contributed by atoms with E-state index < -0.39 is 0 Å². The van der Waals surface area contributed by atoms with Gasteiger partial charge in [0.15, 0.2) is 0 Å². The molecule has 0 amide bonds. The fourth-order valence-electron chi connectivity index (χ4n) is 1.18. The molecule has 0 aromatic heterocycles. The number of hydrogen-bond donors (Lipinski definition) is 0. The first kappa shape index (κ1) is 10.0. The molecule has 0 unspecified atom stereocenters. The standard InChI is InChI=1S/C13H17/c1-2-4-6-8-10-12-13-11-9-7-5-3-1/h1-4,9,11,13H,5-8,10H2/b3-1+,4-2-,11-9-,13-12?. The van der Waals surface area contributed by atoms with Crippen LogP contribution >= 0.6 is 0 Å². The molecule has 0 spiro atoms. The molecule has 1 radical (unpaired) electrons. The first-order valence-electron chi connectivity index (χ1n) is 5.03. The van der Waals surface area contributed by atoms with Gasteiger partial charge in [0, 0.05) is 0 Å². The van der Waals surface area contributed by atoms with Crippen molar-refractivity contribution in [3.63, 3.8) is 0 Å². The first-order valence-corrected chi connectivity index (χ1v) is 5.03. The molecule has 0 aliphatic heterocycles. The van der Waals surface area contributed by atoms with Gasteiger partial charge in [-0.05, 0) is 38.2 Å². The van der Waals surface area contributed by atoms with Gasteiger partial charge in [-0.3, -0.25) is 0 Å². The highest BCUT2D eigenvalue weighted by atomic mass is 13.9. The molecule has 0 nitrogen and oxygen atoms in total. The third-order valence-electron chi connectivity index (χ3n) is 1.93. The van der Waals surface area contributed by atoms with Crippen molar-refractivity contribution >= 4 is 0 Å². The quantitative estimate of drug-likeness (QED) is 0.520. The second kappa shape index (κ2) is 7.60. The summed E-state index contributed by atoms with van der Waals surface area (Å²) in [7, 11) is 0. The molecule has 13 heavy (non-hydrogen) atoms. The van der Waals surface area contributed by atoms with Crippen molar-refractivity contribution in [2.45, 2.75) is 32.1 Å². The highest BCUT2D eigenvalue weighted by Gasteiger charge is 1.81. The number of allylic oxidation sites excluding steroid dienone is 8. The number of rotatable bonds is 0. The van der Waals surface area contributed by atoms with Gasteiger partial charge >= 0.3 is 0 Å².